The minimum absolute atomic E-state index is 0.182. The molecule has 1 aliphatic heterocycles. The zero-order chi connectivity index (χ0) is 7.56. The van der Waals surface area contributed by atoms with E-state index in [9.17, 15) is 5.11 Å². The summed E-state index contributed by atoms with van der Waals surface area (Å²) in [6.45, 7) is 1.76. The van der Waals surface area contributed by atoms with Crippen LogP contribution in [0.3, 0.4) is 0 Å². The van der Waals surface area contributed by atoms with Gasteiger partial charge in [0.05, 0.1) is 12.1 Å². The molecule has 1 aliphatic rings. The Morgan fingerprint density at radius 2 is 2.40 bits per heavy atom. The number of likely N-dealkylation sites (N-methyl/N-ethyl adjacent to an activating group) is 1. The van der Waals surface area contributed by atoms with Crippen LogP contribution in [0.5, 0.6) is 0 Å². The Labute approximate surface area is 65.5 Å². The van der Waals surface area contributed by atoms with E-state index in [1.807, 2.05) is 7.05 Å². The maximum atomic E-state index is 9.38. The number of hydrogen-bond acceptors (Lipinski definition) is 3. The fraction of sp³-hybridized carbons (Fsp3) is 1.00. The molecule has 0 amide bonds. The van der Waals surface area contributed by atoms with Gasteiger partial charge in [-0.25, -0.2) is 0 Å². The standard InChI is InChI=1S/C5H14N2OP2/c1-7-2-4(6-10-9)5(8)3-7/h4-6,8,10H,2-3,9H2,1H3/t4-,5-/m0/s1. The predicted molar refractivity (Wildman–Crippen MR) is 48.5 cm³/mol. The van der Waals surface area contributed by atoms with E-state index in [0.29, 0.717) is 8.42 Å². The van der Waals surface area contributed by atoms with Gasteiger partial charge in [0, 0.05) is 13.1 Å². The molecule has 2 unspecified atom stereocenters. The Balaban J connectivity index is 2.31. The van der Waals surface area contributed by atoms with Gasteiger partial charge < -0.3 is 10.0 Å². The number of nitrogens with zero attached hydrogens (tertiary/aromatic N) is 1. The highest BCUT2D eigenvalue weighted by Gasteiger charge is 2.27. The summed E-state index contributed by atoms with van der Waals surface area (Å²) in [5.74, 6) is 0. The zero-order valence-electron chi connectivity index (χ0n) is 6.04. The van der Waals surface area contributed by atoms with Gasteiger partial charge in [-0.1, -0.05) is 8.93 Å². The first-order valence-corrected chi connectivity index (χ1v) is 6.12. The monoisotopic (exact) mass is 180 g/mol. The van der Waals surface area contributed by atoms with Crippen molar-refractivity contribution in [2.45, 2.75) is 12.1 Å². The fourth-order valence-corrected chi connectivity index (χ4v) is 2.37. The van der Waals surface area contributed by atoms with Crippen molar-refractivity contribution in [1.82, 2.24) is 9.99 Å². The summed E-state index contributed by atoms with van der Waals surface area (Å²) in [6.07, 6.45) is -0.182. The number of likely N-dealkylation sites (tertiary alicyclic amines) is 1. The van der Waals surface area contributed by atoms with E-state index in [1.54, 1.807) is 0 Å². The summed E-state index contributed by atoms with van der Waals surface area (Å²) < 4.78 is 0. The maximum absolute atomic E-state index is 9.38. The molecule has 1 rings (SSSR count). The van der Waals surface area contributed by atoms with E-state index >= 15 is 0 Å². The second-order valence-electron chi connectivity index (χ2n) is 2.68. The van der Waals surface area contributed by atoms with E-state index in [4.69, 9.17) is 0 Å². The van der Waals surface area contributed by atoms with Gasteiger partial charge in [-0.05, 0) is 15.5 Å². The van der Waals surface area contributed by atoms with Gasteiger partial charge in [-0.3, -0.25) is 5.09 Å². The van der Waals surface area contributed by atoms with Crippen molar-refractivity contribution in [3.63, 3.8) is 0 Å². The number of nitrogens with one attached hydrogen (secondary N) is 1. The van der Waals surface area contributed by atoms with Crippen molar-refractivity contribution < 1.29 is 5.11 Å². The Kier molecular flexibility index (Phi) is 3.48. The van der Waals surface area contributed by atoms with E-state index in [0.717, 1.165) is 13.1 Å². The number of aliphatic hydroxyl groups is 1. The van der Waals surface area contributed by atoms with Crippen LogP contribution in [0.15, 0.2) is 0 Å². The predicted octanol–water partition coefficient (Wildman–Crippen LogP) is -0.366. The molecule has 0 bridgehead atoms. The first kappa shape index (κ1) is 8.83. The first-order valence-electron chi connectivity index (χ1n) is 3.32. The second-order valence-corrected chi connectivity index (χ2v) is 4.13. The number of β-amino-alcohol motifs (C(OH)–C–C–N with tert-alkyl or cyclic N) is 1. The van der Waals surface area contributed by atoms with Gasteiger partial charge in [0.25, 0.3) is 0 Å². The Hall–Kier alpha value is 0.740. The van der Waals surface area contributed by atoms with E-state index in [1.165, 1.54) is 0 Å². The number of hydrogen-bond donors (Lipinski definition) is 2. The Morgan fingerprint density at radius 3 is 2.80 bits per heavy atom. The SMILES string of the molecule is CN1C[C@H](NPP)[C@@H](O)C1. The molecule has 0 spiro atoms. The molecule has 0 saturated carbocycles. The second kappa shape index (κ2) is 3.94. The lowest BCUT2D eigenvalue weighted by Gasteiger charge is -2.12. The van der Waals surface area contributed by atoms with Crippen molar-refractivity contribution in [1.29, 1.82) is 0 Å². The van der Waals surface area contributed by atoms with Crippen LogP contribution in [0.4, 0.5) is 0 Å². The van der Waals surface area contributed by atoms with Crippen LogP contribution in [0.2, 0.25) is 0 Å². The van der Waals surface area contributed by atoms with Gasteiger partial charge in [0.15, 0.2) is 0 Å². The van der Waals surface area contributed by atoms with Crippen LogP contribution < -0.4 is 5.09 Å². The molecule has 10 heavy (non-hydrogen) atoms. The van der Waals surface area contributed by atoms with Gasteiger partial charge in [0.1, 0.15) is 0 Å². The molecule has 2 N–H and O–H groups in total. The Morgan fingerprint density at radius 1 is 1.70 bits per heavy atom. The summed E-state index contributed by atoms with van der Waals surface area (Å²) in [4.78, 5) is 2.13. The molecule has 60 valence electrons. The van der Waals surface area contributed by atoms with Crippen molar-refractivity contribution in [2.24, 2.45) is 0 Å². The molecule has 3 nitrogen and oxygen atoms in total. The normalized spacial score (nSPS) is 36.3. The third-order valence-corrected chi connectivity index (χ3v) is 2.78. The summed E-state index contributed by atoms with van der Waals surface area (Å²) in [5.41, 5.74) is 0. The first-order chi connectivity index (χ1) is 4.74. The summed E-state index contributed by atoms with van der Waals surface area (Å²) >= 11 is 0. The van der Waals surface area contributed by atoms with Crippen LogP contribution in [0.1, 0.15) is 0 Å². The quantitative estimate of drug-likeness (QED) is 0.569. The highest BCUT2D eigenvalue weighted by molar-refractivity contribution is 8.01. The molecule has 0 aromatic rings. The summed E-state index contributed by atoms with van der Waals surface area (Å²) in [7, 11) is 5.30. The minimum Gasteiger partial charge on any atom is -0.390 e. The molecule has 0 aromatic heterocycles. The van der Waals surface area contributed by atoms with Crippen LogP contribution in [0, 0.1) is 0 Å². The largest absolute Gasteiger partial charge is 0.390 e. The topological polar surface area (TPSA) is 35.5 Å². The Bertz CT molecular complexity index is 114. The highest BCUT2D eigenvalue weighted by atomic mass is 32.0. The molecule has 1 fully saturated rings. The average molecular weight is 180 g/mol. The third-order valence-electron chi connectivity index (χ3n) is 1.74. The van der Waals surface area contributed by atoms with Gasteiger partial charge in [0.2, 0.25) is 0 Å². The van der Waals surface area contributed by atoms with Gasteiger partial charge >= 0.3 is 0 Å². The molecular formula is C5H14N2OP2. The molecule has 0 aliphatic carbocycles. The van der Waals surface area contributed by atoms with Gasteiger partial charge in [-0.2, -0.15) is 0 Å². The molecular weight excluding hydrogens is 166 g/mol. The lowest BCUT2D eigenvalue weighted by Crippen LogP contribution is -2.33. The molecule has 1 saturated heterocycles. The number of aliphatic hydroxyl groups excluding tert-OH is 1. The van der Waals surface area contributed by atoms with Crippen LogP contribution in [-0.2, 0) is 0 Å². The molecule has 1 heterocycles. The smallest absolute Gasteiger partial charge is 0.0834 e. The molecule has 0 radical (unpaired) electrons. The molecule has 5 heteroatoms. The lowest BCUT2D eigenvalue weighted by atomic mass is 10.2. The molecule has 0 aromatic carbocycles. The maximum Gasteiger partial charge on any atom is 0.0834 e. The zero-order valence-corrected chi connectivity index (χ0v) is 8.20. The van der Waals surface area contributed by atoms with Crippen molar-refractivity contribution >= 4 is 17.3 Å². The summed E-state index contributed by atoms with van der Waals surface area (Å²) in [6, 6.07) is 0.279. The van der Waals surface area contributed by atoms with Crippen molar-refractivity contribution in [2.75, 3.05) is 20.1 Å². The van der Waals surface area contributed by atoms with Crippen molar-refractivity contribution in [3.05, 3.63) is 0 Å². The van der Waals surface area contributed by atoms with E-state index < -0.39 is 0 Å². The van der Waals surface area contributed by atoms with Crippen molar-refractivity contribution in [3.8, 4) is 0 Å². The number of rotatable bonds is 2. The minimum atomic E-state index is -0.182. The van der Waals surface area contributed by atoms with E-state index in [-0.39, 0.29) is 12.1 Å². The van der Waals surface area contributed by atoms with Gasteiger partial charge in [-0.15, -0.1) is 0 Å². The lowest BCUT2D eigenvalue weighted by molar-refractivity contribution is 0.165. The van der Waals surface area contributed by atoms with Crippen LogP contribution >= 0.6 is 17.3 Å². The van der Waals surface area contributed by atoms with Crippen LogP contribution in [-0.4, -0.2) is 42.3 Å². The van der Waals surface area contributed by atoms with E-state index in [2.05, 4.69) is 18.9 Å². The average Bonchev–Trinajstić information content (AvgIpc) is 2.13. The summed E-state index contributed by atoms with van der Waals surface area (Å²) in [5, 5.41) is 12.6. The third kappa shape index (κ3) is 2.11. The molecule has 4 atom stereocenters. The fourth-order valence-electron chi connectivity index (χ4n) is 1.23. The van der Waals surface area contributed by atoms with Crippen LogP contribution in [0.25, 0.3) is 0 Å². The highest BCUT2D eigenvalue weighted by Crippen LogP contribution is 2.19.